The van der Waals surface area contributed by atoms with Crippen molar-refractivity contribution in [3.8, 4) is 5.75 Å². The number of aryl methyl sites for hydroxylation is 1. The molecule has 1 N–H and O–H groups in total. The first-order chi connectivity index (χ1) is 14.6. The van der Waals surface area contributed by atoms with Crippen LogP contribution in [0.2, 0.25) is 0 Å². The second-order valence-electron chi connectivity index (χ2n) is 6.77. The molecule has 150 valence electrons. The number of nitrogens with zero attached hydrogens (tertiary/aromatic N) is 1. The van der Waals surface area contributed by atoms with E-state index in [1.54, 1.807) is 0 Å². The zero-order valence-corrected chi connectivity index (χ0v) is 18.7. The number of ether oxygens (including phenoxy) is 1. The van der Waals surface area contributed by atoms with Crippen LogP contribution in [0.4, 0.5) is 5.69 Å². The maximum absolute atomic E-state index is 12.4. The molecule has 1 amide bonds. The second-order valence-corrected chi connectivity index (χ2v) is 8.72. The fourth-order valence-corrected chi connectivity index (χ4v) is 3.93. The first-order valence-corrected chi connectivity index (χ1v) is 11.0. The molecule has 0 spiro atoms. The molecule has 1 fully saturated rings. The molecule has 1 heterocycles. The number of thioether (sulfide) groups is 1. The number of amides is 1. The highest BCUT2D eigenvalue weighted by Gasteiger charge is 2.24. The summed E-state index contributed by atoms with van der Waals surface area (Å²) in [5.74, 6) is 0.568. The van der Waals surface area contributed by atoms with E-state index in [2.05, 4.69) is 26.2 Å². The first kappa shape index (κ1) is 20.4. The highest BCUT2D eigenvalue weighted by atomic mass is 79.9. The summed E-state index contributed by atoms with van der Waals surface area (Å²) in [6.45, 7) is 2.48. The van der Waals surface area contributed by atoms with Gasteiger partial charge in [-0.1, -0.05) is 64.0 Å². The molecule has 3 aromatic carbocycles. The molecule has 0 saturated carbocycles. The van der Waals surface area contributed by atoms with E-state index in [1.165, 1.54) is 17.3 Å². The van der Waals surface area contributed by atoms with Crippen LogP contribution in [0.25, 0.3) is 6.08 Å². The number of carbonyl (C=O) groups is 1. The number of hydrogen-bond donors (Lipinski definition) is 1. The Morgan fingerprint density at radius 1 is 1.03 bits per heavy atom. The van der Waals surface area contributed by atoms with Crippen LogP contribution < -0.4 is 10.1 Å². The average molecular weight is 479 g/mol. The van der Waals surface area contributed by atoms with Gasteiger partial charge in [-0.05, 0) is 60.7 Å². The van der Waals surface area contributed by atoms with Crippen molar-refractivity contribution >= 4 is 50.5 Å². The third-order valence-electron chi connectivity index (χ3n) is 4.43. The van der Waals surface area contributed by atoms with Crippen molar-refractivity contribution in [2.45, 2.75) is 13.5 Å². The highest BCUT2D eigenvalue weighted by molar-refractivity contribution is 9.10. The number of rotatable bonds is 5. The molecule has 0 radical (unpaired) electrons. The van der Waals surface area contributed by atoms with Crippen LogP contribution in [-0.2, 0) is 11.4 Å². The maximum Gasteiger partial charge on any atom is 0.264 e. The van der Waals surface area contributed by atoms with Gasteiger partial charge in [0.15, 0.2) is 5.17 Å². The molecule has 1 saturated heterocycles. The Balaban J connectivity index is 1.51. The summed E-state index contributed by atoms with van der Waals surface area (Å²) in [4.78, 5) is 17.5. The minimum atomic E-state index is -0.159. The molecule has 0 atom stereocenters. The van der Waals surface area contributed by atoms with Gasteiger partial charge in [-0.25, -0.2) is 4.99 Å². The summed E-state index contributed by atoms with van der Waals surface area (Å²) >= 11 is 4.76. The molecule has 1 aliphatic heterocycles. The quantitative estimate of drug-likeness (QED) is 0.442. The number of aliphatic imine (C=N–C) groups is 1. The lowest BCUT2D eigenvalue weighted by Crippen LogP contribution is -2.19. The Morgan fingerprint density at radius 3 is 2.53 bits per heavy atom. The van der Waals surface area contributed by atoms with Gasteiger partial charge in [-0.2, -0.15) is 0 Å². The summed E-state index contributed by atoms with van der Waals surface area (Å²) in [7, 11) is 0. The summed E-state index contributed by atoms with van der Waals surface area (Å²) in [5, 5.41) is 3.40. The van der Waals surface area contributed by atoms with Crippen LogP contribution >= 0.6 is 27.7 Å². The largest absolute Gasteiger partial charge is 0.488 e. The zero-order chi connectivity index (χ0) is 20.9. The van der Waals surface area contributed by atoms with E-state index in [4.69, 9.17) is 4.74 Å². The predicted octanol–water partition coefficient (Wildman–Crippen LogP) is 6.23. The molecular weight excluding hydrogens is 460 g/mol. The first-order valence-electron chi connectivity index (χ1n) is 9.39. The molecular formula is C24H19BrN2O2S. The lowest BCUT2D eigenvalue weighted by atomic mass is 10.2. The number of amidine groups is 1. The summed E-state index contributed by atoms with van der Waals surface area (Å²) in [6.07, 6.45) is 1.84. The second kappa shape index (κ2) is 9.32. The van der Waals surface area contributed by atoms with Crippen molar-refractivity contribution in [3.63, 3.8) is 0 Å². The van der Waals surface area contributed by atoms with E-state index in [0.29, 0.717) is 16.7 Å². The Morgan fingerprint density at radius 2 is 1.77 bits per heavy atom. The third kappa shape index (κ3) is 5.20. The SMILES string of the molecule is Cc1ccc(N=C2NC(=O)/C(=C\c3ccccc3OCc3ccc(Br)cc3)S2)cc1. The van der Waals surface area contributed by atoms with Gasteiger partial charge >= 0.3 is 0 Å². The number of carbonyl (C=O) groups excluding carboxylic acids is 1. The Labute approximate surface area is 188 Å². The van der Waals surface area contributed by atoms with Crippen molar-refractivity contribution < 1.29 is 9.53 Å². The molecule has 0 bridgehead atoms. The van der Waals surface area contributed by atoms with E-state index in [9.17, 15) is 4.79 Å². The Kier molecular flexibility index (Phi) is 6.35. The maximum atomic E-state index is 12.4. The van der Waals surface area contributed by atoms with Crippen LogP contribution in [0.5, 0.6) is 5.75 Å². The van der Waals surface area contributed by atoms with Crippen molar-refractivity contribution in [3.05, 3.63) is 98.9 Å². The molecule has 4 nitrogen and oxygen atoms in total. The molecule has 0 aromatic heterocycles. The number of benzene rings is 3. The molecule has 3 aromatic rings. The van der Waals surface area contributed by atoms with E-state index in [1.807, 2.05) is 85.8 Å². The monoisotopic (exact) mass is 478 g/mol. The number of halogens is 1. The molecule has 30 heavy (non-hydrogen) atoms. The minimum Gasteiger partial charge on any atom is -0.488 e. The minimum absolute atomic E-state index is 0.159. The summed E-state index contributed by atoms with van der Waals surface area (Å²) in [6, 6.07) is 23.6. The average Bonchev–Trinajstić information content (AvgIpc) is 3.09. The van der Waals surface area contributed by atoms with Crippen molar-refractivity contribution in [1.29, 1.82) is 0 Å². The van der Waals surface area contributed by atoms with Gasteiger partial charge in [0.1, 0.15) is 12.4 Å². The zero-order valence-electron chi connectivity index (χ0n) is 16.3. The Hall–Kier alpha value is -2.83. The fraction of sp³-hybridized carbons (Fsp3) is 0.0833. The lowest BCUT2D eigenvalue weighted by Gasteiger charge is -2.09. The number of hydrogen-bond acceptors (Lipinski definition) is 4. The van der Waals surface area contributed by atoms with Gasteiger partial charge in [0.25, 0.3) is 5.91 Å². The van der Waals surface area contributed by atoms with Crippen LogP contribution in [0.1, 0.15) is 16.7 Å². The van der Waals surface area contributed by atoms with Gasteiger partial charge in [0, 0.05) is 10.0 Å². The number of nitrogens with one attached hydrogen (secondary N) is 1. The molecule has 1 aliphatic rings. The predicted molar refractivity (Wildman–Crippen MR) is 127 cm³/mol. The van der Waals surface area contributed by atoms with Gasteiger partial charge in [-0.15, -0.1) is 0 Å². The van der Waals surface area contributed by atoms with Crippen molar-refractivity contribution in [2.24, 2.45) is 4.99 Å². The molecule has 6 heteroatoms. The van der Waals surface area contributed by atoms with Gasteiger partial charge in [0.05, 0.1) is 10.6 Å². The fourth-order valence-electron chi connectivity index (χ4n) is 2.83. The third-order valence-corrected chi connectivity index (χ3v) is 5.87. The summed E-state index contributed by atoms with van der Waals surface area (Å²) < 4.78 is 7.04. The van der Waals surface area contributed by atoms with E-state index < -0.39 is 0 Å². The molecule has 0 unspecified atom stereocenters. The van der Waals surface area contributed by atoms with Gasteiger partial charge < -0.3 is 10.1 Å². The van der Waals surface area contributed by atoms with E-state index in [-0.39, 0.29) is 5.91 Å². The highest BCUT2D eigenvalue weighted by Crippen LogP contribution is 2.31. The normalized spacial score (nSPS) is 16.1. The van der Waals surface area contributed by atoms with Crippen LogP contribution in [-0.4, -0.2) is 11.1 Å². The van der Waals surface area contributed by atoms with E-state index >= 15 is 0 Å². The van der Waals surface area contributed by atoms with Crippen molar-refractivity contribution in [2.75, 3.05) is 0 Å². The van der Waals surface area contributed by atoms with E-state index in [0.717, 1.165) is 27.0 Å². The molecule has 4 rings (SSSR count). The van der Waals surface area contributed by atoms with Gasteiger partial charge in [0.2, 0.25) is 0 Å². The smallest absolute Gasteiger partial charge is 0.264 e. The van der Waals surface area contributed by atoms with Crippen LogP contribution in [0, 0.1) is 6.92 Å². The Bertz CT molecular complexity index is 1120. The van der Waals surface area contributed by atoms with Crippen molar-refractivity contribution in [1.82, 2.24) is 5.32 Å². The van der Waals surface area contributed by atoms with Gasteiger partial charge in [-0.3, -0.25) is 4.79 Å². The standard InChI is InChI=1S/C24H19BrN2O2S/c1-16-6-12-20(13-7-16)26-24-27-23(28)22(30-24)14-18-4-2-3-5-21(18)29-15-17-8-10-19(25)11-9-17/h2-14H,15H2,1H3,(H,26,27,28)/b22-14+. The molecule has 0 aliphatic carbocycles. The lowest BCUT2D eigenvalue weighted by molar-refractivity contribution is -0.115. The van der Waals surface area contributed by atoms with Crippen LogP contribution in [0.3, 0.4) is 0 Å². The van der Waals surface area contributed by atoms with Crippen LogP contribution in [0.15, 0.2) is 87.2 Å². The number of para-hydroxylation sites is 1. The topological polar surface area (TPSA) is 50.7 Å². The summed E-state index contributed by atoms with van der Waals surface area (Å²) in [5.41, 5.74) is 3.90.